The van der Waals surface area contributed by atoms with Crippen LogP contribution < -0.4 is 4.74 Å². The largest absolute Gasteiger partial charge is 0.469 e. The van der Waals surface area contributed by atoms with Crippen LogP contribution in [0.15, 0.2) is 6.20 Å². The third-order valence-electron chi connectivity index (χ3n) is 4.68. The maximum Gasteiger partial charge on any atom is 0.359 e. The van der Waals surface area contributed by atoms with Crippen molar-refractivity contribution in [3.05, 3.63) is 17.6 Å². The van der Waals surface area contributed by atoms with Gasteiger partial charge in [0.1, 0.15) is 11.2 Å². The Morgan fingerprint density at radius 3 is 2.22 bits per heavy atom. The summed E-state index contributed by atoms with van der Waals surface area (Å²) in [7, 11) is 1.31. The summed E-state index contributed by atoms with van der Waals surface area (Å²) in [5.41, 5.74) is -3.00. The summed E-state index contributed by atoms with van der Waals surface area (Å²) in [6.45, 7) is 5.71. The van der Waals surface area contributed by atoms with E-state index in [1.165, 1.54) is 7.11 Å². The molecule has 0 atom stereocenters. The van der Waals surface area contributed by atoms with Crippen LogP contribution >= 0.6 is 0 Å². The summed E-state index contributed by atoms with van der Waals surface area (Å²) >= 11 is 0. The molecule has 0 radical (unpaired) electrons. The Bertz CT molecular complexity index is 778. The van der Waals surface area contributed by atoms with Crippen LogP contribution in [0.2, 0.25) is 0 Å². The molecule has 0 aromatic carbocycles. The number of carbonyl (C=O) groups is 2. The maximum atomic E-state index is 13.9. The molecule has 27 heavy (non-hydrogen) atoms. The van der Waals surface area contributed by atoms with E-state index in [4.69, 9.17) is 14.2 Å². The second-order valence-electron chi connectivity index (χ2n) is 8.39. The van der Waals surface area contributed by atoms with Crippen molar-refractivity contribution in [2.24, 2.45) is 5.41 Å². The second-order valence-corrected chi connectivity index (χ2v) is 8.39. The van der Waals surface area contributed by atoms with Crippen molar-refractivity contribution in [1.82, 2.24) is 9.97 Å². The molecule has 0 aliphatic heterocycles. The number of hydrogen-bond acceptors (Lipinski definition) is 7. The van der Waals surface area contributed by atoms with Crippen molar-refractivity contribution in [2.75, 3.05) is 7.11 Å². The minimum absolute atomic E-state index is 0.220. The average molecular weight is 384 g/mol. The highest BCUT2D eigenvalue weighted by Gasteiger charge is 2.75. The third kappa shape index (κ3) is 3.46. The van der Waals surface area contributed by atoms with Crippen molar-refractivity contribution in [1.29, 1.82) is 0 Å². The number of nitrogens with zero attached hydrogens (tertiary/aromatic N) is 2. The molecular formula is C18H22F2N2O5. The molecule has 0 amide bonds. The quantitative estimate of drug-likeness (QED) is 0.721. The van der Waals surface area contributed by atoms with Gasteiger partial charge >= 0.3 is 11.9 Å². The number of alkyl halides is 2. The van der Waals surface area contributed by atoms with Crippen molar-refractivity contribution >= 4 is 11.9 Å². The number of carbonyl (C=O) groups excluding carboxylic acids is 2. The lowest BCUT2D eigenvalue weighted by Gasteiger charge is -2.66. The van der Waals surface area contributed by atoms with Crippen molar-refractivity contribution in [3.63, 3.8) is 0 Å². The summed E-state index contributed by atoms with van der Waals surface area (Å²) < 4.78 is 43.5. The first-order valence-corrected chi connectivity index (χ1v) is 8.55. The number of aromatic nitrogens is 2. The maximum absolute atomic E-state index is 13.9. The van der Waals surface area contributed by atoms with E-state index in [1.54, 1.807) is 20.8 Å². The molecule has 0 spiro atoms. The van der Waals surface area contributed by atoms with Crippen molar-refractivity contribution in [3.8, 4) is 5.88 Å². The second kappa shape index (κ2) is 5.84. The van der Waals surface area contributed by atoms with Crippen LogP contribution in [-0.2, 0) is 20.2 Å². The van der Waals surface area contributed by atoms with Crippen LogP contribution in [-0.4, -0.2) is 40.2 Å². The van der Waals surface area contributed by atoms with E-state index >= 15 is 0 Å². The van der Waals surface area contributed by atoms with Crippen LogP contribution in [0.5, 0.6) is 5.88 Å². The molecule has 1 aromatic rings. The zero-order chi connectivity index (χ0) is 20.3. The lowest BCUT2D eigenvalue weighted by Crippen LogP contribution is -2.73. The summed E-state index contributed by atoms with van der Waals surface area (Å²) in [5, 5.41) is 0. The minimum Gasteiger partial charge on any atom is -0.469 e. The highest BCUT2D eigenvalue weighted by Crippen LogP contribution is 2.69. The van der Waals surface area contributed by atoms with Gasteiger partial charge in [0.05, 0.1) is 18.7 Å². The van der Waals surface area contributed by atoms with E-state index in [0.29, 0.717) is 26.2 Å². The Morgan fingerprint density at radius 2 is 1.74 bits per heavy atom. The molecule has 3 fully saturated rings. The SMILES string of the molecule is COC(=O)C12CC(Oc3nc(C(=O)OC(C)(C)C)cnc3C(C)(F)F)(C1)C2. The molecule has 0 unspecified atom stereocenters. The Hall–Kier alpha value is -2.32. The predicted molar refractivity (Wildman–Crippen MR) is 88.4 cm³/mol. The minimum atomic E-state index is -3.31. The van der Waals surface area contributed by atoms with E-state index in [1.807, 2.05) is 0 Å². The standard InChI is InChI=1S/C18H22F2N2O5/c1-15(2,3)27-13(23)10-6-21-11(16(4,19)20)12(22-10)26-18-7-17(8-18,9-18)14(24)25-5/h6H,7-9H2,1-5H3. The van der Waals surface area contributed by atoms with Gasteiger partial charge in [-0.05, 0) is 20.8 Å². The molecule has 3 saturated carbocycles. The average Bonchev–Trinajstić information content (AvgIpc) is 2.45. The Labute approximate surface area is 155 Å². The lowest BCUT2D eigenvalue weighted by atomic mass is 9.41. The molecule has 4 rings (SSSR count). The van der Waals surface area contributed by atoms with Crippen LogP contribution in [0.4, 0.5) is 8.78 Å². The molecule has 3 aliphatic carbocycles. The number of hydrogen-bond donors (Lipinski definition) is 0. The molecule has 148 valence electrons. The van der Waals surface area contributed by atoms with Crippen LogP contribution in [0, 0.1) is 5.41 Å². The molecule has 1 aromatic heterocycles. The molecule has 7 nitrogen and oxygen atoms in total. The van der Waals surface area contributed by atoms with Crippen LogP contribution in [0.1, 0.15) is 63.1 Å². The predicted octanol–water partition coefficient (Wildman–Crippen LogP) is 3.02. The zero-order valence-electron chi connectivity index (χ0n) is 15.9. The fraction of sp³-hybridized carbons (Fsp3) is 0.667. The van der Waals surface area contributed by atoms with Crippen LogP contribution in [0.3, 0.4) is 0 Å². The summed E-state index contributed by atoms with van der Waals surface area (Å²) in [6, 6.07) is 0. The van der Waals surface area contributed by atoms with Gasteiger partial charge in [-0.25, -0.2) is 14.8 Å². The van der Waals surface area contributed by atoms with Gasteiger partial charge in [0, 0.05) is 26.2 Å². The Balaban J connectivity index is 1.84. The van der Waals surface area contributed by atoms with Gasteiger partial charge in [-0.3, -0.25) is 4.79 Å². The van der Waals surface area contributed by atoms with Crippen molar-refractivity contribution in [2.45, 2.75) is 64.1 Å². The van der Waals surface area contributed by atoms with Gasteiger partial charge in [0.15, 0.2) is 11.4 Å². The Morgan fingerprint density at radius 1 is 1.15 bits per heavy atom. The summed E-state index contributed by atoms with van der Waals surface area (Å²) in [6.07, 6.45) is 2.03. The fourth-order valence-electron chi connectivity index (χ4n) is 3.61. The first kappa shape index (κ1) is 19.4. The highest BCUT2D eigenvalue weighted by molar-refractivity contribution is 5.87. The number of methoxy groups -OCH3 is 1. The van der Waals surface area contributed by atoms with Gasteiger partial charge in [0.2, 0.25) is 5.88 Å². The van der Waals surface area contributed by atoms with Gasteiger partial charge in [0.25, 0.3) is 5.92 Å². The first-order chi connectivity index (χ1) is 12.3. The smallest absolute Gasteiger partial charge is 0.359 e. The number of esters is 2. The number of halogens is 2. The summed E-state index contributed by atoms with van der Waals surface area (Å²) in [4.78, 5) is 31.6. The van der Waals surface area contributed by atoms with Crippen LogP contribution in [0.25, 0.3) is 0 Å². The monoisotopic (exact) mass is 384 g/mol. The van der Waals surface area contributed by atoms with E-state index in [2.05, 4.69) is 9.97 Å². The van der Waals surface area contributed by atoms with E-state index in [9.17, 15) is 18.4 Å². The highest BCUT2D eigenvalue weighted by atomic mass is 19.3. The topological polar surface area (TPSA) is 87.6 Å². The summed E-state index contributed by atoms with van der Waals surface area (Å²) in [5.74, 6) is -4.83. The molecule has 2 bridgehead atoms. The zero-order valence-corrected chi connectivity index (χ0v) is 15.9. The number of rotatable bonds is 5. The van der Waals surface area contributed by atoms with Gasteiger partial charge in [-0.15, -0.1) is 0 Å². The third-order valence-corrected chi connectivity index (χ3v) is 4.68. The van der Waals surface area contributed by atoms with Gasteiger partial charge < -0.3 is 14.2 Å². The molecular weight excluding hydrogens is 362 g/mol. The molecule has 0 N–H and O–H groups in total. The van der Waals surface area contributed by atoms with Gasteiger partial charge in [-0.2, -0.15) is 8.78 Å². The molecule has 0 saturated heterocycles. The van der Waals surface area contributed by atoms with E-state index < -0.39 is 40.1 Å². The van der Waals surface area contributed by atoms with Gasteiger partial charge in [-0.1, -0.05) is 0 Å². The molecule has 9 heteroatoms. The molecule has 1 heterocycles. The Kier molecular flexibility index (Phi) is 4.20. The lowest BCUT2D eigenvalue weighted by molar-refractivity contribution is -0.251. The molecule has 3 aliphatic rings. The first-order valence-electron chi connectivity index (χ1n) is 8.55. The van der Waals surface area contributed by atoms with E-state index in [0.717, 1.165) is 6.20 Å². The van der Waals surface area contributed by atoms with Crippen molar-refractivity contribution < 1.29 is 32.6 Å². The number of ether oxygens (including phenoxy) is 3. The fourth-order valence-corrected chi connectivity index (χ4v) is 3.61. The van der Waals surface area contributed by atoms with E-state index in [-0.39, 0.29) is 11.7 Å². The normalized spacial score (nSPS) is 26.5.